The predicted molar refractivity (Wildman–Crippen MR) is 300 cm³/mol. The van der Waals surface area contributed by atoms with Gasteiger partial charge in [0.25, 0.3) is 43.2 Å². The summed E-state index contributed by atoms with van der Waals surface area (Å²) < 4.78 is 84.0. The molecule has 6 aromatic rings. The molecule has 0 aliphatic carbocycles. The first-order valence-corrected chi connectivity index (χ1v) is 31.2. The second kappa shape index (κ2) is 26.8. The number of nitrogens with zero attached hydrogens (tertiary/aromatic N) is 4. The Balaban J connectivity index is 0.000000229. The molecule has 2 aromatic heterocycles. The van der Waals surface area contributed by atoms with Crippen molar-refractivity contribution in [2.45, 2.75) is 97.3 Å². The SMILES string of the molecule is CCCCNS(=O)(=O)c1cccc(NC2CCN(S(=O)(=O)c3ccc(CNC(=O)c4cccc([N+](=O)[O-])c4)s3)CC2)c1.CCc1cccc(NC2CCN(S(=O)(=O)c3ccc(CNC(=O)c4cccc([N+](=O)[O-])c4)s3)CC2)c1. The molecule has 0 unspecified atom stereocenters. The summed E-state index contributed by atoms with van der Waals surface area (Å²) in [4.78, 5) is 47.0. The monoisotopic (exact) mass is 1160 g/mol. The van der Waals surface area contributed by atoms with Crippen molar-refractivity contribution in [3.63, 3.8) is 0 Å². The molecule has 8 rings (SSSR count). The number of carbonyl (C=O) groups excluding carboxylic acids is 2. The van der Waals surface area contributed by atoms with E-state index < -0.39 is 51.7 Å². The van der Waals surface area contributed by atoms with Crippen LogP contribution in [0.1, 0.15) is 88.4 Å². The van der Waals surface area contributed by atoms with Crippen LogP contribution in [-0.4, -0.2) is 100 Å². The van der Waals surface area contributed by atoms with Gasteiger partial charge in [0.1, 0.15) is 8.42 Å². The number of rotatable bonds is 22. The second-order valence-electron chi connectivity index (χ2n) is 18.4. The molecule has 0 saturated carbocycles. The van der Waals surface area contributed by atoms with E-state index in [1.54, 1.807) is 42.5 Å². The summed E-state index contributed by atoms with van der Waals surface area (Å²) in [6.07, 6.45) is 5.12. The highest BCUT2D eigenvalue weighted by Gasteiger charge is 2.32. The highest BCUT2D eigenvalue weighted by molar-refractivity contribution is 7.91. The Morgan fingerprint density at radius 3 is 1.49 bits per heavy atom. The summed E-state index contributed by atoms with van der Waals surface area (Å²) in [5, 5.41) is 34.1. The number of carbonyl (C=O) groups is 2. The molecular weight excluding hydrogens is 1100 g/mol. The molecule has 0 radical (unpaired) electrons. The average Bonchev–Trinajstić information content (AvgIpc) is 4.17. The van der Waals surface area contributed by atoms with Crippen molar-refractivity contribution in [3.05, 3.63) is 168 Å². The molecule has 2 fully saturated rings. The zero-order valence-electron chi connectivity index (χ0n) is 42.8. The maximum absolute atomic E-state index is 13.3. The van der Waals surface area contributed by atoms with Gasteiger partial charge in [0.15, 0.2) is 0 Å². The molecule has 78 heavy (non-hydrogen) atoms. The van der Waals surface area contributed by atoms with Crippen LogP contribution < -0.4 is 26.0 Å². The zero-order chi connectivity index (χ0) is 56.0. The van der Waals surface area contributed by atoms with Crippen molar-refractivity contribution in [1.82, 2.24) is 24.0 Å². The largest absolute Gasteiger partial charge is 0.382 e. The normalized spacial score (nSPS) is 14.9. The van der Waals surface area contributed by atoms with E-state index in [-0.39, 0.29) is 61.0 Å². The van der Waals surface area contributed by atoms with Crippen molar-refractivity contribution < 1.29 is 44.7 Å². The van der Waals surface area contributed by atoms with Crippen LogP contribution in [0.3, 0.4) is 0 Å². The van der Waals surface area contributed by atoms with E-state index in [2.05, 4.69) is 45.0 Å². The van der Waals surface area contributed by atoms with Gasteiger partial charge in [-0.3, -0.25) is 29.8 Å². The molecule has 4 heterocycles. The fourth-order valence-corrected chi connectivity index (χ4v) is 15.5. The van der Waals surface area contributed by atoms with Gasteiger partial charge in [-0.1, -0.05) is 50.6 Å². The van der Waals surface area contributed by atoms with Gasteiger partial charge in [-0.15, -0.1) is 22.7 Å². The first kappa shape index (κ1) is 59.0. The number of aryl methyl sites for hydroxylation is 1. The number of sulfonamides is 3. The Morgan fingerprint density at radius 1 is 0.590 bits per heavy atom. The summed E-state index contributed by atoms with van der Waals surface area (Å²) in [5.41, 5.74) is 2.93. The molecular formula is C52H61N9O12S5. The summed E-state index contributed by atoms with van der Waals surface area (Å²) >= 11 is 2.18. The Kier molecular flexibility index (Phi) is 20.3. The van der Waals surface area contributed by atoms with E-state index in [4.69, 9.17) is 0 Å². The lowest BCUT2D eigenvalue weighted by atomic mass is 10.1. The first-order valence-electron chi connectivity index (χ1n) is 25.2. The lowest BCUT2D eigenvalue weighted by Gasteiger charge is -2.31. The molecule has 0 spiro atoms. The fraction of sp³-hybridized carbons (Fsp3) is 0.346. The number of nitro groups is 2. The number of thiophene rings is 2. The third-order valence-corrected chi connectivity index (χ3v) is 21.3. The molecule has 2 amide bonds. The third-order valence-electron chi connectivity index (χ3n) is 12.9. The Bertz CT molecular complexity index is 3430. The third kappa shape index (κ3) is 15.8. The lowest BCUT2D eigenvalue weighted by Crippen LogP contribution is -2.42. The summed E-state index contributed by atoms with van der Waals surface area (Å²) in [7, 11) is -11.0. The molecule has 0 atom stereocenters. The van der Waals surface area contributed by atoms with Crippen LogP contribution in [0.2, 0.25) is 0 Å². The van der Waals surface area contributed by atoms with E-state index in [9.17, 15) is 55.1 Å². The molecule has 0 bridgehead atoms. The first-order chi connectivity index (χ1) is 37.2. The highest BCUT2D eigenvalue weighted by atomic mass is 32.3. The van der Waals surface area contributed by atoms with E-state index in [0.717, 1.165) is 47.6 Å². The van der Waals surface area contributed by atoms with Crippen molar-refractivity contribution >= 4 is 87.3 Å². The van der Waals surface area contributed by atoms with Crippen LogP contribution in [0, 0.1) is 20.2 Å². The van der Waals surface area contributed by atoms with E-state index in [1.165, 1.54) is 68.8 Å². The van der Waals surface area contributed by atoms with Gasteiger partial charge >= 0.3 is 0 Å². The quantitative estimate of drug-likeness (QED) is 0.0243. The van der Waals surface area contributed by atoms with Gasteiger partial charge in [0, 0.05) is 101 Å². The van der Waals surface area contributed by atoms with Gasteiger partial charge < -0.3 is 21.3 Å². The van der Waals surface area contributed by atoms with E-state index >= 15 is 0 Å². The number of non-ortho nitro benzene ring substituents is 2. The van der Waals surface area contributed by atoms with E-state index in [1.807, 2.05) is 19.1 Å². The number of piperidine rings is 2. The van der Waals surface area contributed by atoms with Gasteiger partial charge in [-0.2, -0.15) is 8.61 Å². The molecule has 26 heteroatoms. The molecule has 416 valence electrons. The Hall–Kier alpha value is -6.65. The minimum atomic E-state index is -3.73. The molecule has 2 aliphatic rings. The van der Waals surface area contributed by atoms with E-state index in [0.29, 0.717) is 73.8 Å². The Morgan fingerprint density at radius 2 is 1.04 bits per heavy atom. The van der Waals surface area contributed by atoms with Crippen LogP contribution in [-0.2, 0) is 49.6 Å². The summed E-state index contributed by atoms with van der Waals surface area (Å²) in [6, 6.07) is 32.3. The van der Waals surface area contributed by atoms with Crippen LogP contribution >= 0.6 is 22.7 Å². The number of hydrogen-bond acceptors (Lipinski definition) is 16. The van der Waals surface area contributed by atoms with Crippen molar-refractivity contribution in [2.24, 2.45) is 0 Å². The summed E-state index contributed by atoms with van der Waals surface area (Å²) in [6.45, 7) is 6.16. The van der Waals surface area contributed by atoms with Crippen LogP contribution in [0.25, 0.3) is 0 Å². The number of benzene rings is 4. The lowest BCUT2D eigenvalue weighted by molar-refractivity contribution is -0.385. The Labute approximate surface area is 461 Å². The molecule has 5 N–H and O–H groups in total. The molecule has 4 aromatic carbocycles. The predicted octanol–water partition coefficient (Wildman–Crippen LogP) is 8.34. The van der Waals surface area contributed by atoms with Crippen LogP contribution in [0.4, 0.5) is 22.7 Å². The fourth-order valence-electron chi connectivity index (χ4n) is 8.55. The number of amides is 2. The average molecular weight is 1160 g/mol. The number of nitro benzene ring substituents is 2. The van der Waals surface area contributed by atoms with Gasteiger partial charge in [-0.25, -0.2) is 30.0 Å². The second-order valence-corrected chi connectivity index (χ2v) is 26.8. The number of nitrogens with one attached hydrogen (secondary N) is 5. The minimum absolute atomic E-state index is 0.0228. The van der Waals surface area contributed by atoms with Crippen molar-refractivity contribution in [3.8, 4) is 0 Å². The van der Waals surface area contributed by atoms with Gasteiger partial charge in [-0.05, 0) is 111 Å². The maximum Gasteiger partial charge on any atom is 0.270 e. The topological polar surface area (TPSA) is 289 Å². The smallest absolute Gasteiger partial charge is 0.270 e. The summed E-state index contributed by atoms with van der Waals surface area (Å²) in [5.74, 6) is -0.961. The highest BCUT2D eigenvalue weighted by Crippen LogP contribution is 2.31. The van der Waals surface area contributed by atoms with Crippen molar-refractivity contribution in [2.75, 3.05) is 43.4 Å². The standard InChI is InChI=1S/C27H33N5O7S3.C25H28N4O5S2/c1-2-3-14-29-41(36,37)25-9-5-7-22(18-25)30-21-12-15-31(16-13-21)42(38,39)26-11-10-24(40-26)19-28-27(33)20-6-4-8-23(17-20)32(34)35;1-2-18-5-3-7-21(15-18)27-20-11-13-28(14-12-20)36(33,34)24-10-9-23(35-24)17-26-25(30)19-6-4-8-22(16-19)29(31)32/h4-11,17-18,21,29-30H,2-3,12-16,19H2,1H3,(H,28,33);3-10,15-16,20,27H,2,11-14,17H2,1H3,(H,26,30). The van der Waals surface area contributed by atoms with Crippen LogP contribution in [0.5, 0.6) is 0 Å². The number of unbranched alkanes of at least 4 members (excludes halogenated alkanes) is 1. The zero-order valence-corrected chi connectivity index (χ0v) is 46.9. The van der Waals surface area contributed by atoms with Crippen molar-refractivity contribution in [1.29, 1.82) is 0 Å². The molecule has 2 saturated heterocycles. The minimum Gasteiger partial charge on any atom is -0.382 e. The van der Waals surface area contributed by atoms with Crippen LogP contribution in [0.15, 0.2) is 135 Å². The number of hydrogen-bond donors (Lipinski definition) is 5. The number of anilines is 2. The maximum atomic E-state index is 13.3. The van der Waals surface area contributed by atoms with Gasteiger partial charge in [0.2, 0.25) is 10.0 Å². The molecule has 21 nitrogen and oxygen atoms in total. The molecule has 2 aliphatic heterocycles. The van der Waals surface area contributed by atoms with Gasteiger partial charge in [0.05, 0.1) is 27.8 Å².